The van der Waals surface area contributed by atoms with E-state index in [0.717, 1.165) is 12.8 Å². The molecule has 4 heteroatoms. The maximum atomic E-state index is 15.3. The zero-order chi connectivity index (χ0) is 15.6. The van der Waals surface area contributed by atoms with E-state index in [0.29, 0.717) is 17.6 Å². The van der Waals surface area contributed by atoms with Crippen molar-refractivity contribution in [3.8, 4) is 0 Å². The normalized spacial score (nSPS) is 37.3. The molecule has 0 bridgehead atoms. The predicted octanol–water partition coefficient (Wildman–Crippen LogP) is 3.59. The second-order valence-corrected chi connectivity index (χ2v) is 6.88. The number of esters is 1. The number of hydrogen-bond acceptors (Lipinski definition) is 3. The quantitative estimate of drug-likeness (QED) is 0.632. The fourth-order valence-electron chi connectivity index (χ4n) is 3.70. The molecule has 2 spiro atoms. The maximum Gasteiger partial charge on any atom is 0.338 e. The molecule has 1 heterocycles. The fourth-order valence-corrected chi connectivity index (χ4v) is 3.70. The van der Waals surface area contributed by atoms with Gasteiger partial charge in [-0.2, -0.15) is 0 Å². The van der Waals surface area contributed by atoms with Gasteiger partial charge in [0.15, 0.2) is 5.67 Å². The Labute approximate surface area is 129 Å². The van der Waals surface area contributed by atoms with Gasteiger partial charge in [-0.05, 0) is 37.5 Å². The molecule has 0 amide bonds. The van der Waals surface area contributed by atoms with Crippen LogP contribution in [-0.2, 0) is 9.47 Å². The van der Waals surface area contributed by atoms with Crippen molar-refractivity contribution < 1.29 is 18.7 Å². The van der Waals surface area contributed by atoms with Crippen LogP contribution < -0.4 is 0 Å². The van der Waals surface area contributed by atoms with E-state index in [9.17, 15) is 4.79 Å². The monoisotopic (exact) mass is 302 g/mol. The van der Waals surface area contributed by atoms with Crippen LogP contribution in [0.4, 0.5) is 4.39 Å². The van der Waals surface area contributed by atoms with Gasteiger partial charge in [0.25, 0.3) is 0 Å². The van der Waals surface area contributed by atoms with Gasteiger partial charge >= 0.3 is 5.97 Å². The van der Waals surface area contributed by atoms with Gasteiger partial charge in [-0.15, -0.1) is 0 Å². The molecule has 2 aliphatic carbocycles. The number of carbonyl (C=O) groups is 1. The molecule has 3 fully saturated rings. The molecule has 22 heavy (non-hydrogen) atoms. The van der Waals surface area contributed by atoms with Gasteiger partial charge in [-0.3, -0.25) is 0 Å². The molecule has 116 valence electrons. The van der Waals surface area contributed by atoms with Gasteiger partial charge in [-0.25, -0.2) is 9.18 Å². The van der Waals surface area contributed by atoms with E-state index in [4.69, 9.17) is 9.47 Å². The highest BCUT2D eigenvalue weighted by atomic mass is 19.1. The molecule has 3 atom stereocenters. The number of ether oxygens (including phenoxy) is 2. The smallest absolute Gasteiger partial charge is 0.338 e. The van der Waals surface area contributed by atoms with Gasteiger partial charge in [0.2, 0.25) is 0 Å². The van der Waals surface area contributed by atoms with E-state index in [2.05, 4.69) is 6.58 Å². The summed E-state index contributed by atoms with van der Waals surface area (Å²) in [5.41, 5.74) is -1.82. The molecule has 1 aliphatic heterocycles. The van der Waals surface area contributed by atoms with E-state index in [1.807, 2.05) is 6.07 Å². The van der Waals surface area contributed by atoms with Gasteiger partial charge in [0, 0.05) is 12.8 Å². The first-order valence-electron chi connectivity index (χ1n) is 7.72. The summed E-state index contributed by atoms with van der Waals surface area (Å²) in [6.45, 7) is 5.53. The molecule has 1 saturated heterocycles. The maximum absolute atomic E-state index is 15.3. The average molecular weight is 302 g/mol. The van der Waals surface area contributed by atoms with Crippen molar-refractivity contribution in [2.75, 3.05) is 0 Å². The standard InChI is InChI=1S/C18H19FO3/c1-12(2)18(19)11-16(22-17(18)8-9-17)10-14(16)21-15(20)13-6-4-3-5-7-13/h3-7,14H,1,8-11H2,2H3. The number of benzene rings is 1. The molecule has 3 unspecified atom stereocenters. The molecule has 1 aromatic rings. The Morgan fingerprint density at radius 1 is 1.36 bits per heavy atom. The van der Waals surface area contributed by atoms with Crippen LogP contribution in [0.3, 0.4) is 0 Å². The van der Waals surface area contributed by atoms with Crippen LogP contribution in [0.2, 0.25) is 0 Å². The molecule has 0 aromatic heterocycles. The largest absolute Gasteiger partial charge is 0.456 e. The summed E-state index contributed by atoms with van der Waals surface area (Å²) in [5, 5.41) is 0. The highest BCUT2D eigenvalue weighted by Gasteiger charge is 2.79. The van der Waals surface area contributed by atoms with Crippen LogP contribution in [0.25, 0.3) is 0 Å². The number of hydrogen-bond donors (Lipinski definition) is 0. The highest BCUT2D eigenvalue weighted by Crippen LogP contribution is 2.69. The fraction of sp³-hybridized carbons (Fsp3) is 0.500. The minimum absolute atomic E-state index is 0.252. The Kier molecular flexibility index (Phi) is 2.66. The van der Waals surface area contributed by atoms with Gasteiger partial charge in [0.05, 0.1) is 5.56 Å². The molecule has 0 radical (unpaired) electrons. The Hall–Kier alpha value is -1.68. The van der Waals surface area contributed by atoms with Gasteiger partial charge in [-0.1, -0.05) is 24.8 Å². The van der Waals surface area contributed by atoms with E-state index < -0.39 is 16.9 Å². The van der Waals surface area contributed by atoms with Crippen LogP contribution in [-0.4, -0.2) is 28.9 Å². The molecule has 2 saturated carbocycles. The Morgan fingerprint density at radius 2 is 2.05 bits per heavy atom. The lowest BCUT2D eigenvalue weighted by Gasteiger charge is -2.25. The van der Waals surface area contributed by atoms with E-state index >= 15 is 4.39 Å². The first-order chi connectivity index (χ1) is 10.4. The van der Waals surface area contributed by atoms with Crippen molar-refractivity contribution in [2.45, 2.75) is 55.6 Å². The number of alkyl halides is 1. The molecule has 1 aromatic carbocycles. The number of rotatable bonds is 3. The van der Waals surface area contributed by atoms with Crippen molar-refractivity contribution in [1.82, 2.24) is 0 Å². The van der Waals surface area contributed by atoms with Crippen molar-refractivity contribution in [3.63, 3.8) is 0 Å². The summed E-state index contributed by atoms with van der Waals surface area (Å²) < 4.78 is 26.9. The van der Waals surface area contributed by atoms with Crippen molar-refractivity contribution in [3.05, 3.63) is 48.0 Å². The van der Waals surface area contributed by atoms with Crippen molar-refractivity contribution >= 4 is 5.97 Å². The van der Waals surface area contributed by atoms with Crippen LogP contribution in [0, 0.1) is 0 Å². The first-order valence-corrected chi connectivity index (χ1v) is 7.72. The van der Waals surface area contributed by atoms with Gasteiger partial charge < -0.3 is 9.47 Å². The Bertz CT molecular complexity index is 652. The molecule has 3 aliphatic rings. The van der Waals surface area contributed by atoms with Crippen LogP contribution >= 0.6 is 0 Å². The topological polar surface area (TPSA) is 35.5 Å². The SMILES string of the molecule is C=C(C)C1(F)CC2(CC2OC(=O)c2ccccc2)OC12CC2. The van der Waals surface area contributed by atoms with Crippen LogP contribution in [0.15, 0.2) is 42.5 Å². The Balaban J connectivity index is 1.49. The molecule has 4 rings (SSSR count). The van der Waals surface area contributed by atoms with Gasteiger partial charge in [0.1, 0.15) is 17.3 Å². The van der Waals surface area contributed by atoms with E-state index in [-0.39, 0.29) is 18.5 Å². The van der Waals surface area contributed by atoms with Crippen LogP contribution in [0.5, 0.6) is 0 Å². The summed E-state index contributed by atoms with van der Waals surface area (Å²) in [6.07, 6.45) is 1.91. The van der Waals surface area contributed by atoms with Crippen molar-refractivity contribution in [2.24, 2.45) is 0 Å². The van der Waals surface area contributed by atoms with E-state index in [1.54, 1.807) is 31.2 Å². The lowest BCUT2D eigenvalue weighted by atomic mass is 9.86. The predicted molar refractivity (Wildman–Crippen MR) is 79.3 cm³/mol. The zero-order valence-electron chi connectivity index (χ0n) is 12.6. The summed E-state index contributed by atoms with van der Waals surface area (Å²) >= 11 is 0. The minimum atomic E-state index is -1.49. The summed E-state index contributed by atoms with van der Waals surface area (Å²) in [5.74, 6) is -0.373. The minimum Gasteiger partial charge on any atom is -0.456 e. The third-order valence-electron chi connectivity index (χ3n) is 5.26. The van der Waals surface area contributed by atoms with Crippen LogP contribution in [0.1, 0.15) is 43.0 Å². The van der Waals surface area contributed by atoms with Crippen molar-refractivity contribution in [1.29, 1.82) is 0 Å². The summed E-state index contributed by atoms with van der Waals surface area (Å²) in [6, 6.07) is 8.85. The third kappa shape index (κ3) is 1.80. The molecule has 3 nitrogen and oxygen atoms in total. The van der Waals surface area contributed by atoms with E-state index in [1.165, 1.54) is 0 Å². The zero-order valence-corrected chi connectivity index (χ0v) is 12.6. The number of carbonyl (C=O) groups excluding carboxylic acids is 1. The lowest BCUT2D eigenvalue weighted by Crippen LogP contribution is -2.36. The average Bonchev–Trinajstić information content (AvgIpc) is 3.37. The summed E-state index contributed by atoms with van der Waals surface area (Å²) in [7, 11) is 0. The third-order valence-corrected chi connectivity index (χ3v) is 5.26. The second-order valence-electron chi connectivity index (χ2n) is 6.88. The molecular formula is C18H19FO3. The highest BCUT2D eigenvalue weighted by molar-refractivity contribution is 5.89. The Morgan fingerprint density at radius 3 is 2.59 bits per heavy atom. The molecular weight excluding hydrogens is 283 g/mol. The first kappa shape index (κ1) is 13.9. The lowest BCUT2D eigenvalue weighted by molar-refractivity contribution is -0.0434. The second kappa shape index (κ2) is 4.19. The number of halogens is 1. The summed E-state index contributed by atoms with van der Waals surface area (Å²) in [4.78, 5) is 12.1. The molecule has 0 N–H and O–H groups in total.